The molecule has 2 heteroatoms. The van der Waals surface area contributed by atoms with Gasteiger partial charge in [0.25, 0.3) is 0 Å². The van der Waals surface area contributed by atoms with Gasteiger partial charge in [-0.05, 0) is 117 Å². The van der Waals surface area contributed by atoms with E-state index in [9.17, 15) is 0 Å². The summed E-state index contributed by atoms with van der Waals surface area (Å²) in [7, 11) is 0. The predicted molar refractivity (Wildman–Crippen MR) is 196 cm³/mol. The maximum Gasteiger partial charge on any atom is 0.0256 e. The van der Waals surface area contributed by atoms with Crippen molar-refractivity contribution in [3.05, 3.63) is 152 Å². The zero-order valence-electron chi connectivity index (χ0n) is 24.9. The van der Waals surface area contributed by atoms with Crippen LogP contribution in [0.4, 0.5) is 0 Å². The smallest absolute Gasteiger partial charge is 0.0256 e. The lowest BCUT2D eigenvalue weighted by Gasteiger charge is -2.21. The van der Waals surface area contributed by atoms with Gasteiger partial charge in [-0.3, -0.25) is 0 Å². The average Bonchev–Trinajstić information content (AvgIpc) is 3.54. The Kier molecular flexibility index (Phi) is 6.96. The number of halogens is 2. The van der Waals surface area contributed by atoms with E-state index < -0.39 is 0 Å². The topological polar surface area (TPSA) is 0 Å². The number of allylic oxidation sites excluding steroid dienone is 2. The second-order valence-corrected chi connectivity index (χ2v) is 14.1. The van der Waals surface area contributed by atoms with Crippen LogP contribution in [0, 0.1) is 0 Å². The van der Waals surface area contributed by atoms with Crippen molar-refractivity contribution in [2.24, 2.45) is 0 Å². The lowest BCUT2D eigenvalue weighted by molar-refractivity contribution is 0.611. The van der Waals surface area contributed by atoms with E-state index in [-0.39, 0.29) is 0 Å². The van der Waals surface area contributed by atoms with Crippen molar-refractivity contribution in [1.82, 2.24) is 0 Å². The standard InChI is InChI=1S/C42H32Br2/c1-25-19-39-37(21-29(23-41(39)43)35-15-7-11-27-9-3-5-13-33(27)35)31(25)17-18-32-26(2)20-40-38(32)22-30(24-42(40)44)36-16-8-12-28-10-4-6-14-34(28)36/h3-16,19-24,31-32H,17-18H2,1-2H3. The van der Waals surface area contributed by atoms with Crippen LogP contribution in [-0.4, -0.2) is 0 Å². The number of hydrogen-bond acceptors (Lipinski definition) is 0. The van der Waals surface area contributed by atoms with E-state index in [1.54, 1.807) is 0 Å². The van der Waals surface area contributed by atoms with Gasteiger partial charge in [-0.25, -0.2) is 0 Å². The molecule has 0 heterocycles. The van der Waals surface area contributed by atoms with Crippen LogP contribution in [0.2, 0.25) is 0 Å². The molecule has 0 fully saturated rings. The van der Waals surface area contributed by atoms with E-state index in [1.807, 2.05) is 0 Å². The maximum absolute atomic E-state index is 3.96. The lowest BCUT2D eigenvalue weighted by atomic mass is 9.83. The van der Waals surface area contributed by atoms with Crippen molar-refractivity contribution >= 4 is 65.6 Å². The molecule has 0 spiro atoms. The molecule has 2 unspecified atom stereocenters. The highest BCUT2D eigenvalue weighted by Gasteiger charge is 2.30. The summed E-state index contributed by atoms with van der Waals surface area (Å²) >= 11 is 7.92. The van der Waals surface area contributed by atoms with Crippen LogP contribution in [0.15, 0.2) is 129 Å². The molecule has 6 aromatic carbocycles. The second kappa shape index (κ2) is 11.0. The Morgan fingerprint density at radius 2 is 0.909 bits per heavy atom. The fourth-order valence-electron chi connectivity index (χ4n) is 7.67. The summed E-state index contributed by atoms with van der Waals surface area (Å²) in [6.07, 6.45) is 7.03. The van der Waals surface area contributed by atoms with Gasteiger partial charge in [-0.15, -0.1) is 0 Å². The highest BCUT2D eigenvalue weighted by Crippen LogP contribution is 2.49. The fourth-order valence-corrected chi connectivity index (χ4v) is 8.85. The molecular formula is C42H32Br2. The number of fused-ring (bicyclic) bond motifs is 4. The Balaban J connectivity index is 1.13. The molecule has 0 nitrogen and oxygen atoms in total. The molecule has 6 aromatic rings. The van der Waals surface area contributed by atoms with E-state index >= 15 is 0 Å². The first-order valence-electron chi connectivity index (χ1n) is 15.5. The van der Waals surface area contributed by atoms with Gasteiger partial charge in [0.15, 0.2) is 0 Å². The molecule has 2 atom stereocenters. The van der Waals surface area contributed by atoms with E-state index in [4.69, 9.17) is 0 Å². The molecule has 0 bridgehead atoms. The van der Waals surface area contributed by atoms with Gasteiger partial charge in [-0.2, -0.15) is 0 Å². The molecule has 0 radical (unpaired) electrons. The normalized spacial score (nSPS) is 17.1. The van der Waals surface area contributed by atoms with Crippen LogP contribution in [0.3, 0.4) is 0 Å². The average molecular weight is 697 g/mol. The lowest BCUT2D eigenvalue weighted by Crippen LogP contribution is -2.04. The molecule has 2 aliphatic carbocycles. The van der Waals surface area contributed by atoms with Crippen LogP contribution >= 0.6 is 31.9 Å². The van der Waals surface area contributed by atoms with Crippen LogP contribution in [0.5, 0.6) is 0 Å². The van der Waals surface area contributed by atoms with Crippen LogP contribution in [0.1, 0.15) is 60.8 Å². The summed E-state index contributed by atoms with van der Waals surface area (Å²) in [5, 5.41) is 5.17. The Morgan fingerprint density at radius 1 is 0.500 bits per heavy atom. The summed E-state index contributed by atoms with van der Waals surface area (Å²) in [4.78, 5) is 0. The van der Waals surface area contributed by atoms with Gasteiger partial charge in [-0.1, -0.05) is 140 Å². The Morgan fingerprint density at radius 3 is 1.36 bits per heavy atom. The zero-order valence-corrected chi connectivity index (χ0v) is 28.0. The molecule has 0 amide bonds. The summed E-state index contributed by atoms with van der Waals surface area (Å²) in [5.41, 5.74) is 13.7. The van der Waals surface area contributed by atoms with Gasteiger partial charge in [0.2, 0.25) is 0 Å². The zero-order chi connectivity index (χ0) is 29.9. The monoisotopic (exact) mass is 694 g/mol. The maximum atomic E-state index is 3.96. The summed E-state index contributed by atoms with van der Waals surface area (Å²) in [6, 6.07) is 40.2. The summed E-state index contributed by atoms with van der Waals surface area (Å²) in [6.45, 7) is 4.63. The minimum absolute atomic E-state index is 0.415. The van der Waals surface area contributed by atoms with Gasteiger partial charge >= 0.3 is 0 Å². The minimum atomic E-state index is 0.415. The van der Waals surface area contributed by atoms with Gasteiger partial charge in [0.1, 0.15) is 0 Å². The van der Waals surface area contributed by atoms with E-state index in [0.717, 1.165) is 12.8 Å². The van der Waals surface area contributed by atoms with E-state index in [1.165, 1.54) is 86.1 Å². The van der Waals surface area contributed by atoms with Crippen molar-refractivity contribution in [2.75, 3.05) is 0 Å². The predicted octanol–water partition coefficient (Wildman–Crippen LogP) is 13.3. The third kappa shape index (κ3) is 4.62. The van der Waals surface area contributed by atoms with Gasteiger partial charge < -0.3 is 0 Å². The molecule has 214 valence electrons. The first kappa shape index (κ1) is 27.8. The van der Waals surface area contributed by atoms with Crippen molar-refractivity contribution in [3.63, 3.8) is 0 Å². The summed E-state index contributed by atoms with van der Waals surface area (Å²) < 4.78 is 2.37. The highest BCUT2D eigenvalue weighted by atomic mass is 79.9. The van der Waals surface area contributed by atoms with Crippen LogP contribution < -0.4 is 0 Å². The molecule has 2 aliphatic rings. The molecule has 0 saturated carbocycles. The largest absolute Gasteiger partial charge is 0.0652 e. The first-order valence-corrected chi connectivity index (χ1v) is 17.0. The molecule has 0 aliphatic heterocycles. The van der Waals surface area contributed by atoms with Crippen molar-refractivity contribution in [3.8, 4) is 22.3 Å². The molecule has 44 heavy (non-hydrogen) atoms. The van der Waals surface area contributed by atoms with Crippen LogP contribution in [0.25, 0.3) is 56.0 Å². The molecule has 0 aromatic heterocycles. The SMILES string of the molecule is CC1=Cc2c(Br)cc(-c3cccc4ccccc34)cc2C1CCC1C(C)=Cc2c(Br)cc(-c3cccc4ccccc34)cc21. The molecule has 0 N–H and O–H groups in total. The first-order chi connectivity index (χ1) is 21.5. The number of benzene rings is 6. The Hall–Kier alpha value is -3.72. The molecule has 0 saturated heterocycles. The Labute approximate surface area is 276 Å². The summed E-state index contributed by atoms with van der Waals surface area (Å²) in [5.74, 6) is 0.829. The fraction of sp³-hybridized carbons (Fsp3) is 0.143. The second-order valence-electron chi connectivity index (χ2n) is 12.4. The minimum Gasteiger partial charge on any atom is -0.0652 e. The van der Waals surface area contributed by atoms with Crippen molar-refractivity contribution in [1.29, 1.82) is 0 Å². The molecular weight excluding hydrogens is 664 g/mol. The number of hydrogen-bond donors (Lipinski definition) is 0. The quantitative estimate of drug-likeness (QED) is 0.168. The van der Waals surface area contributed by atoms with Crippen molar-refractivity contribution in [2.45, 2.75) is 38.5 Å². The van der Waals surface area contributed by atoms with Crippen LogP contribution in [-0.2, 0) is 0 Å². The van der Waals surface area contributed by atoms with Gasteiger partial charge in [0.05, 0.1) is 0 Å². The van der Waals surface area contributed by atoms with Crippen molar-refractivity contribution < 1.29 is 0 Å². The van der Waals surface area contributed by atoms with E-state index in [2.05, 4.69) is 167 Å². The number of rotatable bonds is 5. The molecule has 8 rings (SSSR count). The van der Waals surface area contributed by atoms with Gasteiger partial charge in [0, 0.05) is 20.8 Å². The third-order valence-corrected chi connectivity index (χ3v) is 11.2. The van der Waals surface area contributed by atoms with E-state index in [0.29, 0.717) is 11.8 Å². The Bertz CT molecular complexity index is 2010. The highest BCUT2D eigenvalue weighted by molar-refractivity contribution is 9.10. The third-order valence-electron chi connectivity index (χ3n) is 9.86.